The predicted molar refractivity (Wildman–Crippen MR) is 87.9 cm³/mol. The summed E-state index contributed by atoms with van der Waals surface area (Å²) in [6, 6.07) is 0. The standard InChI is InChI=1S/C21H32/c1-19-9-3-4-17(19)16-6-5-15-7-11-21(12-13-21)14-20(15,2)18(16)8-10-19/h3,9,15-18H,4-8,10-14H2,1-2H3/t15?,16-,17-,18-,19-,20-/m0/s1. The zero-order valence-corrected chi connectivity index (χ0v) is 14.0. The summed E-state index contributed by atoms with van der Waals surface area (Å²) < 4.78 is 0. The quantitative estimate of drug-likeness (QED) is 0.480. The zero-order valence-electron chi connectivity index (χ0n) is 14.0. The Hall–Kier alpha value is -0.260. The molecule has 0 bridgehead atoms. The molecule has 0 aliphatic heterocycles. The lowest BCUT2D eigenvalue weighted by molar-refractivity contribution is -0.111. The summed E-state index contributed by atoms with van der Waals surface area (Å²) in [7, 11) is 0. The van der Waals surface area contributed by atoms with Crippen LogP contribution in [0, 0.1) is 39.9 Å². The van der Waals surface area contributed by atoms with Gasteiger partial charge in [-0.3, -0.25) is 0 Å². The monoisotopic (exact) mass is 284 g/mol. The van der Waals surface area contributed by atoms with Crippen molar-refractivity contribution in [1.29, 1.82) is 0 Å². The van der Waals surface area contributed by atoms with Gasteiger partial charge in [0.1, 0.15) is 0 Å². The van der Waals surface area contributed by atoms with Crippen LogP contribution >= 0.6 is 0 Å². The second kappa shape index (κ2) is 3.98. The lowest BCUT2D eigenvalue weighted by Crippen LogP contribution is -2.53. The highest BCUT2D eigenvalue weighted by Crippen LogP contribution is 2.70. The molecule has 0 aromatic carbocycles. The number of fused-ring (bicyclic) bond motifs is 5. The smallest absolute Gasteiger partial charge is 0.0112 e. The van der Waals surface area contributed by atoms with Gasteiger partial charge in [-0.15, -0.1) is 0 Å². The van der Waals surface area contributed by atoms with E-state index >= 15 is 0 Å². The molecular formula is C21H32. The molecule has 5 aliphatic rings. The van der Waals surface area contributed by atoms with Crippen LogP contribution in [-0.2, 0) is 0 Å². The molecule has 116 valence electrons. The minimum absolute atomic E-state index is 0.566. The molecule has 1 spiro atoms. The second-order valence-corrected chi connectivity index (χ2v) is 10.1. The first-order valence-corrected chi connectivity index (χ1v) is 9.73. The fourth-order valence-electron chi connectivity index (χ4n) is 7.75. The first-order valence-electron chi connectivity index (χ1n) is 9.73. The first-order chi connectivity index (χ1) is 10.0. The Morgan fingerprint density at radius 2 is 1.71 bits per heavy atom. The number of hydrogen-bond donors (Lipinski definition) is 0. The lowest BCUT2D eigenvalue weighted by atomic mass is 9.44. The molecule has 4 fully saturated rings. The maximum atomic E-state index is 2.73. The van der Waals surface area contributed by atoms with Gasteiger partial charge in [0.2, 0.25) is 0 Å². The number of allylic oxidation sites excluding steroid dienone is 2. The molecule has 4 saturated carbocycles. The van der Waals surface area contributed by atoms with E-state index in [4.69, 9.17) is 0 Å². The third-order valence-corrected chi connectivity index (χ3v) is 9.13. The van der Waals surface area contributed by atoms with E-state index in [0.29, 0.717) is 10.8 Å². The molecule has 5 rings (SSSR count). The summed E-state index contributed by atoms with van der Waals surface area (Å²) in [5.74, 6) is 4.18. The van der Waals surface area contributed by atoms with Crippen molar-refractivity contribution in [3.05, 3.63) is 12.2 Å². The molecule has 0 N–H and O–H groups in total. The van der Waals surface area contributed by atoms with Crippen LogP contribution < -0.4 is 0 Å². The third-order valence-electron chi connectivity index (χ3n) is 9.13. The normalized spacial score (nSPS) is 56.7. The maximum Gasteiger partial charge on any atom is -0.0112 e. The highest BCUT2D eigenvalue weighted by molar-refractivity contribution is 5.17. The van der Waals surface area contributed by atoms with E-state index in [1.165, 1.54) is 19.3 Å². The van der Waals surface area contributed by atoms with E-state index in [-0.39, 0.29) is 0 Å². The fourth-order valence-corrected chi connectivity index (χ4v) is 7.75. The van der Waals surface area contributed by atoms with E-state index < -0.39 is 0 Å². The van der Waals surface area contributed by atoms with Crippen LogP contribution in [0.15, 0.2) is 12.2 Å². The van der Waals surface area contributed by atoms with Crippen molar-refractivity contribution in [3.63, 3.8) is 0 Å². The van der Waals surface area contributed by atoms with Crippen molar-refractivity contribution < 1.29 is 0 Å². The second-order valence-electron chi connectivity index (χ2n) is 10.1. The van der Waals surface area contributed by atoms with Crippen LogP contribution in [0.1, 0.15) is 78.1 Å². The van der Waals surface area contributed by atoms with Crippen molar-refractivity contribution in [2.45, 2.75) is 78.1 Å². The zero-order chi connectivity index (χ0) is 14.3. The number of rotatable bonds is 0. The molecule has 1 unspecified atom stereocenters. The molecule has 21 heavy (non-hydrogen) atoms. The van der Waals surface area contributed by atoms with Crippen LogP contribution in [0.5, 0.6) is 0 Å². The summed E-state index contributed by atoms with van der Waals surface area (Å²) in [5.41, 5.74) is 2.11. The lowest BCUT2D eigenvalue weighted by Gasteiger charge is -2.61. The molecule has 0 saturated heterocycles. The van der Waals surface area contributed by atoms with Gasteiger partial charge in [-0.1, -0.05) is 26.0 Å². The Balaban J connectivity index is 1.48. The average Bonchev–Trinajstić information content (AvgIpc) is 3.06. The molecule has 6 atom stereocenters. The van der Waals surface area contributed by atoms with Gasteiger partial charge in [-0.2, -0.15) is 0 Å². The summed E-state index contributed by atoms with van der Waals surface area (Å²) >= 11 is 0. The van der Waals surface area contributed by atoms with Gasteiger partial charge in [-0.05, 0) is 104 Å². The summed E-state index contributed by atoms with van der Waals surface area (Å²) in [5, 5.41) is 0. The molecule has 0 heteroatoms. The minimum atomic E-state index is 0.566. The third kappa shape index (κ3) is 1.68. The van der Waals surface area contributed by atoms with Gasteiger partial charge in [0.15, 0.2) is 0 Å². The van der Waals surface area contributed by atoms with Gasteiger partial charge in [-0.25, -0.2) is 0 Å². The Kier molecular flexibility index (Phi) is 2.50. The molecule has 0 radical (unpaired) electrons. The van der Waals surface area contributed by atoms with E-state index in [1.807, 2.05) is 0 Å². The maximum absolute atomic E-state index is 2.73. The van der Waals surface area contributed by atoms with Crippen molar-refractivity contribution in [3.8, 4) is 0 Å². The molecule has 0 aromatic rings. The van der Waals surface area contributed by atoms with E-state index in [1.54, 1.807) is 44.9 Å². The minimum Gasteiger partial charge on any atom is -0.0877 e. The summed E-state index contributed by atoms with van der Waals surface area (Å²) in [6.07, 6.45) is 20.5. The van der Waals surface area contributed by atoms with E-state index in [0.717, 1.165) is 29.1 Å². The van der Waals surface area contributed by atoms with Gasteiger partial charge in [0, 0.05) is 0 Å². The number of hydrogen-bond acceptors (Lipinski definition) is 0. The largest absolute Gasteiger partial charge is 0.0877 e. The van der Waals surface area contributed by atoms with Crippen molar-refractivity contribution in [2.24, 2.45) is 39.9 Å². The van der Waals surface area contributed by atoms with Gasteiger partial charge < -0.3 is 0 Å². The van der Waals surface area contributed by atoms with Crippen LogP contribution in [-0.4, -0.2) is 0 Å². The highest BCUT2D eigenvalue weighted by atomic mass is 14.7. The van der Waals surface area contributed by atoms with Gasteiger partial charge >= 0.3 is 0 Å². The SMILES string of the molecule is C[C@@]12C=CC[C@H]1[C@@H]1CCC3CCC4(CC4)C[C@]3(C)[C@H]1CC2. The van der Waals surface area contributed by atoms with Gasteiger partial charge in [0.05, 0.1) is 0 Å². The van der Waals surface area contributed by atoms with Crippen LogP contribution in [0.3, 0.4) is 0 Å². The molecule has 5 aliphatic carbocycles. The van der Waals surface area contributed by atoms with E-state index in [9.17, 15) is 0 Å². The van der Waals surface area contributed by atoms with Crippen molar-refractivity contribution in [2.75, 3.05) is 0 Å². The Labute approximate surface area is 130 Å². The predicted octanol–water partition coefficient (Wildman–Crippen LogP) is 5.98. The fraction of sp³-hybridized carbons (Fsp3) is 0.905. The van der Waals surface area contributed by atoms with E-state index in [2.05, 4.69) is 26.0 Å². The molecule has 0 heterocycles. The van der Waals surface area contributed by atoms with Crippen molar-refractivity contribution in [1.82, 2.24) is 0 Å². The highest BCUT2D eigenvalue weighted by Gasteiger charge is 2.61. The topological polar surface area (TPSA) is 0 Å². The molecule has 0 nitrogen and oxygen atoms in total. The molecule has 0 amide bonds. The summed E-state index contributed by atoms with van der Waals surface area (Å²) in [6.45, 7) is 5.30. The van der Waals surface area contributed by atoms with Crippen LogP contribution in [0.25, 0.3) is 0 Å². The average molecular weight is 284 g/mol. The molecular weight excluding hydrogens is 252 g/mol. The first kappa shape index (κ1) is 13.2. The Morgan fingerprint density at radius 3 is 2.52 bits per heavy atom. The summed E-state index contributed by atoms with van der Waals surface area (Å²) in [4.78, 5) is 0. The van der Waals surface area contributed by atoms with Crippen molar-refractivity contribution >= 4 is 0 Å². The van der Waals surface area contributed by atoms with Crippen LogP contribution in [0.2, 0.25) is 0 Å². The Bertz CT molecular complexity index is 484. The molecule has 0 aromatic heterocycles. The van der Waals surface area contributed by atoms with Gasteiger partial charge in [0.25, 0.3) is 0 Å². The Morgan fingerprint density at radius 1 is 0.857 bits per heavy atom. The van der Waals surface area contributed by atoms with Crippen LogP contribution in [0.4, 0.5) is 0 Å².